The highest BCUT2D eigenvalue weighted by atomic mass is 31.1. The highest BCUT2D eigenvalue weighted by Gasteiger charge is 2.27. The van der Waals surface area contributed by atoms with E-state index in [4.69, 9.17) is 15.0 Å². The van der Waals surface area contributed by atoms with Crippen LogP contribution in [0.15, 0.2) is 124 Å². The molecule has 6 aromatic rings. The monoisotopic (exact) mass is 775 g/mol. The normalized spacial score (nSPS) is 17.6. The van der Waals surface area contributed by atoms with Crippen molar-refractivity contribution in [2.24, 2.45) is 15.0 Å². The Morgan fingerprint density at radius 1 is 0.345 bits per heavy atom. The molecule has 3 aliphatic rings. The van der Waals surface area contributed by atoms with Gasteiger partial charge in [-0.25, -0.2) is 0 Å². The summed E-state index contributed by atoms with van der Waals surface area (Å²) < 4.78 is 0. The number of nitrogens with zero attached hydrogens (tertiary/aromatic N) is 3. The van der Waals surface area contributed by atoms with Gasteiger partial charge in [0.2, 0.25) is 0 Å². The van der Waals surface area contributed by atoms with Crippen LogP contribution in [0.3, 0.4) is 0 Å². The van der Waals surface area contributed by atoms with E-state index in [0.29, 0.717) is 0 Å². The van der Waals surface area contributed by atoms with Crippen LogP contribution in [0, 0.1) is 41.5 Å². The summed E-state index contributed by atoms with van der Waals surface area (Å²) >= 11 is 0. The van der Waals surface area contributed by atoms with Crippen molar-refractivity contribution in [2.45, 2.75) is 99.3 Å². The molecular formula is C54H54N3P. The topological polar surface area (TPSA) is 37.1 Å². The molecule has 0 aliphatic heterocycles. The molecule has 0 fully saturated rings. The van der Waals surface area contributed by atoms with Gasteiger partial charge in [-0.15, -0.1) is 0 Å². The zero-order valence-electron chi connectivity index (χ0n) is 35.0. The van der Waals surface area contributed by atoms with E-state index in [2.05, 4.69) is 151 Å². The summed E-state index contributed by atoms with van der Waals surface area (Å²) in [6.07, 6.45) is 9.65. The predicted molar refractivity (Wildman–Crippen MR) is 250 cm³/mol. The molecule has 9 rings (SSSR count). The molecule has 0 saturated heterocycles. The van der Waals surface area contributed by atoms with Crippen LogP contribution in [0.25, 0.3) is 0 Å². The van der Waals surface area contributed by atoms with E-state index in [1.165, 1.54) is 99.8 Å². The van der Waals surface area contributed by atoms with E-state index in [1.54, 1.807) is 0 Å². The highest BCUT2D eigenvalue weighted by Crippen LogP contribution is 2.39. The quantitative estimate of drug-likeness (QED) is 0.151. The van der Waals surface area contributed by atoms with Crippen LogP contribution in [-0.2, 0) is 19.3 Å². The minimum atomic E-state index is -0.929. The smallest absolute Gasteiger partial charge is 0.0691 e. The second-order valence-electron chi connectivity index (χ2n) is 16.8. The second kappa shape index (κ2) is 16.2. The minimum Gasteiger partial charge on any atom is -0.252 e. The van der Waals surface area contributed by atoms with E-state index in [9.17, 15) is 0 Å². The van der Waals surface area contributed by atoms with Crippen molar-refractivity contribution in [1.29, 1.82) is 0 Å². The van der Waals surface area contributed by atoms with Gasteiger partial charge >= 0.3 is 0 Å². The molecule has 0 atom stereocenters. The third kappa shape index (κ3) is 7.46. The van der Waals surface area contributed by atoms with Gasteiger partial charge in [-0.2, -0.15) is 0 Å². The number of hydrogen-bond acceptors (Lipinski definition) is 3. The minimum absolute atomic E-state index is 0.929. The summed E-state index contributed by atoms with van der Waals surface area (Å²) in [5.41, 5.74) is 22.6. The van der Waals surface area contributed by atoms with E-state index >= 15 is 0 Å². The van der Waals surface area contributed by atoms with Crippen molar-refractivity contribution >= 4 is 58.0 Å². The molecule has 0 radical (unpaired) electrons. The molecule has 0 bridgehead atoms. The molecule has 0 unspecified atom stereocenters. The van der Waals surface area contributed by atoms with Crippen LogP contribution in [-0.4, -0.2) is 17.1 Å². The zero-order valence-corrected chi connectivity index (χ0v) is 35.9. The first kappa shape index (κ1) is 38.3. The van der Waals surface area contributed by atoms with Gasteiger partial charge in [0.25, 0.3) is 0 Å². The Morgan fingerprint density at radius 3 is 0.897 bits per heavy atom. The van der Waals surface area contributed by atoms with Gasteiger partial charge in [0, 0.05) is 17.1 Å². The number of aryl methyl sites for hydroxylation is 9. The maximum atomic E-state index is 5.44. The first-order valence-corrected chi connectivity index (χ1v) is 22.7. The third-order valence-electron chi connectivity index (χ3n) is 12.6. The molecule has 4 heteroatoms. The maximum Gasteiger partial charge on any atom is 0.0691 e. The molecule has 58 heavy (non-hydrogen) atoms. The van der Waals surface area contributed by atoms with Crippen LogP contribution in [0.5, 0.6) is 0 Å². The van der Waals surface area contributed by atoms with Crippen molar-refractivity contribution in [3.8, 4) is 0 Å². The molecule has 0 saturated carbocycles. The molecule has 3 aliphatic carbocycles. The van der Waals surface area contributed by atoms with E-state index in [-0.39, 0.29) is 0 Å². The Balaban J connectivity index is 1.23. The Kier molecular flexibility index (Phi) is 10.7. The summed E-state index contributed by atoms with van der Waals surface area (Å²) in [5.74, 6) is 0. The lowest BCUT2D eigenvalue weighted by Gasteiger charge is -2.27. The molecule has 0 aromatic heterocycles. The standard InChI is InChI=1S/C54H54N3P/c1-34-13-7-14-35(2)52(34)55-49-22-10-19-40-25-28-43(31-46(40)49)58(44-29-26-41-20-11-23-50(47(41)32-44)56-53-36(3)15-8-16-37(53)4)45-30-27-42-21-12-24-51(48(42)33-45)57-54-38(5)17-9-18-39(54)6/h7-9,13-18,25-33H,10-12,19-24H2,1-6H3. The fraction of sp³-hybridized carbons (Fsp3) is 0.278. The highest BCUT2D eigenvalue weighted by molar-refractivity contribution is 7.79. The predicted octanol–water partition coefficient (Wildman–Crippen LogP) is 12.7. The number of fused-ring (bicyclic) bond motifs is 3. The van der Waals surface area contributed by atoms with Crippen LogP contribution in [0.2, 0.25) is 0 Å². The lowest BCUT2D eigenvalue weighted by molar-refractivity contribution is 0.839. The van der Waals surface area contributed by atoms with E-state index in [1.807, 2.05) is 0 Å². The molecular weight excluding hydrogens is 722 g/mol. The lowest BCUT2D eigenvalue weighted by Crippen LogP contribution is -2.26. The van der Waals surface area contributed by atoms with Crippen molar-refractivity contribution in [3.05, 3.63) is 176 Å². The van der Waals surface area contributed by atoms with Crippen molar-refractivity contribution in [2.75, 3.05) is 0 Å². The maximum absolute atomic E-state index is 5.44. The van der Waals surface area contributed by atoms with Gasteiger partial charge in [0.1, 0.15) is 0 Å². The molecule has 0 N–H and O–H groups in total. The number of aliphatic imine (C=N–C) groups is 3. The Morgan fingerprint density at radius 2 is 0.621 bits per heavy atom. The van der Waals surface area contributed by atoms with Gasteiger partial charge in [0.15, 0.2) is 0 Å². The lowest BCUT2D eigenvalue weighted by atomic mass is 9.89. The first-order valence-electron chi connectivity index (χ1n) is 21.3. The average molecular weight is 776 g/mol. The van der Waals surface area contributed by atoms with Crippen molar-refractivity contribution in [1.82, 2.24) is 0 Å². The number of rotatable bonds is 6. The van der Waals surface area contributed by atoms with Gasteiger partial charge in [-0.1, -0.05) is 91.0 Å². The first-order chi connectivity index (χ1) is 28.2. The second-order valence-corrected chi connectivity index (χ2v) is 19.0. The fourth-order valence-electron chi connectivity index (χ4n) is 9.46. The van der Waals surface area contributed by atoms with Gasteiger partial charge in [-0.3, -0.25) is 15.0 Å². The summed E-state index contributed by atoms with van der Waals surface area (Å²) in [6, 6.07) is 41.6. The average Bonchev–Trinajstić information content (AvgIpc) is 3.22. The van der Waals surface area contributed by atoms with Crippen LogP contribution in [0.4, 0.5) is 17.1 Å². The summed E-state index contributed by atoms with van der Waals surface area (Å²) in [6.45, 7) is 13.1. The Hall–Kier alpha value is -5.24. The Bertz CT molecular complexity index is 2320. The fourth-order valence-corrected chi connectivity index (χ4v) is 11.8. The van der Waals surface area contributed by atoms with E-state index in [0.717, 1.165) is 74.8 Å². The Labute approximate surface area is 346 Å². The van der Waals surface area contributed by atoms with Crippen LogP contribution in [0.1, 0.15) is 105 Å². The van der Waals surface area contributed by atoms with Gasteiger partial charge in [0.05, 0.1) is 17.1 Å². The third-order valence-corrected chi connectivity index (χ3v) is 15.0. The molecule has 0 heterocycles. The largest absolute Gasteiger partial charge is 0.252 e. The molecule has 290 valence electrons. The summed E-state index contributed by atoms with van der Waals surface area (Å²) in [5, 5.41) is 4.12. The summed E-state index contributed by atoms with van der Waals surface area (Å²) in [4.78, 5) is 16.3. The van der Waals surface area contributed by atoms with Crippen molar-refractivity contribution in [3.63, 3.8) is 0 Å². The number of para-hydroxylation sites is 3. The van der Waals surface area contributed by atoms with E-state index < -0.39 is 7.92 Å². The molecule has 6 aromatic carbocycles. The SMILES string of the molecule is Cc1cccc(C)c1N=C1CCCc2ccc(P(c3ccc4c(c3)C(=Nc3c(C)cccc3C)CCC4)c3ccc4c(c3)C(=Nc3c(C)cccc3C)CCC4)cc21. The molecule has 0 amide bonds. The molecule has 0 spiro atoms. The number of hydrogen-bond donors (Lipinski definition) is 0. The van der Waals surface area contributed by atoms with Crippen LogP contribution < -0.4 is 15.9 Å². The summed E-state index contributed by atoms with van der Waals surface area (Å²) in [7, 11) is -0.929. The zero-order chi connectivity index (χ0) is 39.9. The van der Waals surface area contributed by atoms with Crippen LogP contribution >= 0.6 is 7.92 Å². The van der Waals surface area contributed by atoms with Gasteiger partial charge < -0.3 is 0 Å². The van der Waals surface area contributed by atoms with Crippen molar-refractivity contribution < 1.29 is 0 Å². The van der Waals surface area contributed by atoms with Gasteiger partial charge in [-0.05, 0) is 208 Å². The molecule has 3 nitrogen and oxygen atoms in total. The number of benzene rings is 6.